The molecule has 2 aromatic rings. The average molecular weight is 355 g/mol. The third-order valence-electron chi connectivity index (χ3n) is 2.83. The molecule has 0 aliphatic carbocycles. The molecule has 0 atom stereocenters. The first-order chi connectivity index (χ1) is 9.22. The smallest absolute Gasteiger partial charge is 0.134 e. The second-order valence-electron chi connectivity index (χ2n) is 3.93. The van der Waals surface area contributed by atoms with Crippen LogP contribution in [0.1, 0.15) is 0 Å². The molecule has 5 heteroatoms. The van der Waals surface area contributed by atoms with Gasteiger partial charge in [-0.25, -0.2) is 0 Å². The molecule has 0 aromatic heterocycles. The van der Waals surface area contributed by atoms with Crippen LogP contribution in [-0.4, -0.2) is 14.2 Å². The molecule has 2 aromatic carbocycles. The van der Waals surface area contributed by atoms with E-state index >= 15 is 0 Å². The lowest BCUT2D eigenvalue weighted by molar-refractivity contribution is 0.410. The molecule has 2 nitrogen and oxygen atoms in total. The van der Waals surface area contributed by atoms with Gasteiger partial charge in [0.1, 0.15) is 11.5 Å². The number of halogens is 1. The van der Waals surface area contributed by atoms with Crippen LogP contribution in [0.4, 0.5) is 0 Å². The molecular formula is C14H11BrO2S2. The minimum absolute atomic E-state index is 0.859. The Morgan fingerprint density at radius 1 is 0.895 bits per heavy atom. The Labute approximate surface area is 129 Å². The predicted molar refractivity (Wildman–Crippen MR) is 81.9 cm³/mol. The van der Waals surface area contributed by atoms with E-state index in [4.69, 9.17) is 9.47 Å². The maximum absolute atomic E-state index is 5.35. The normalized spacial score (nSPS) is 12.6. The van der Waals surface area contributed by atoms with E-state index in [0.29, 0.717) is 0 Å². The molecule has 0 spiro atoms. The summed E-state index contributed by atoms with van der Waals surface area (Å²) in [6.07, 6.45) is 0. The quantitative estimate of drug-likeness (QED) is 0.638. The molecule has 0 N–H and O–H groups in total. The molecule has 0 bridgehead atoms. The highest BCUT2D eigenvalue weighted by Gasteiger charge is 2.21. The molecule has 19 heavy (non-hydrogen) atoms. The highest BCUT2D eigenvalue weighted by molar-refractivity contribution is 9.10. The fourth-order valence-corrected chi connectivity index (χ4v) is 5.03. The largest absolute Gasteiger partial charge is 0.497 e. The van der Waals surface area contributed by atoms with Gasteiger partial charge in [0, 0.05) is 19.6 Å². The van der Waals surface area contributed by atoms with Crippen molar-refractivity contribution in [3.63, 3.8) is 0 Å². The molecule has 1 aliphatic rings. The van der Waals surface area contributed by atoms with Crippen molar-refractivity contribution in [2.24, 2.45) is 0 Å². The highest BCUT2D eigenvalue weighted by atomic mass is 79.9. The number of benzene rings is 2. The molecule has 0 amide bonds. The van der Waals surface area contributed by atoms with Crippen molar-refractivity contribution in [2.45, 2.75) is 19.6 Å². The lowest BCUT2D eigenvalue weighted by Crippen LogP contribution is -1.94. The van der Waals surface area contributed by atoms with Gasteiger partial charge in [0.25, 0.3) is 0 Å². The van der Waals surface area contributed by atoms with Gasteiger partial charge in [0.15, 0.2) is 0 Å². The summed E-state index contributed by atoms with van der Waals surface area (Å²) < 4.78 is 11.6. The van der Waals surface area contributed by atoms with Crippen LogP contribution in [0.25, 0.3) is 0 Å². The van der Waals surface area contributed by atoms with Gasteiger partial charge in [-0.3, -0.25) is 0 Å². The summed E-state index contributed by atoms with van der Waals surface area (Å²) in [5.74, 6) is 1.74. The Hall–Kier alpha value is -0.780. The van der Waals surface area contributed by atoms with E-state index in [2.05, 4.69) is 34.1 Å². The van der Waals surface area contributed by atoms with E-state index < -0.39 is 0 Å². The van der Waals surface area contributed by atoms with E-state index in [1.165, 1.54) is 19.6 Å². The van der Waals surface area contributed by atoms with Crippen LogP contribution >= 0.6 is 39.5 Å². The molecule has 0 saturated carbocycles. The van der Waals surface area contributed by atoms with Gasteiger partial charge in [-0.15, -0.1) is 0 Å². The van der Waals surface area contributed by atoms with Crippen molar-refractivity contribution >= 4 is 39.5 Å². The van der Waals surface area contributed by atoms with E-state index in [-0.39, 0.29) is 0 Å². The second-order valence-corrected chi connectivity index (χ2v) is 6.85. The van der Waals surface area contributed by atoms with Gasteiger partial charge in [0.05, 0.1) is 18.7 Å². The lowest BCUT2D eigenvalue weighted by atomic mass is 10.3. The number of fused-ring (bicyclic) bond motifs is 2. The molecule has 3 rings (SSSR count). The lowest BCUT2D eigenvalue weighted by Gasteiger charge is -2.20. The maximum Gasteiger partial charge on any atom is 0.134 e. The van der Waals surface area contributed by atoms with E-state index in [1.54, 1.807) is 37.7 Å². The Morgan fingerprint density at radius 3 is 2.42 bits per heavy atom. The molecule has 0 fully saturated rings. The third kappa shape index (κ3) is 2.35. The molecule has 0 unspecified atom stereocenters. The van der Waals surface area contributed by atoms with E-state index in [0.717, 1.165) is 16.0 Å². The third-order valence-corrected chi connectivity index (χ3v) is 6.46. The highest BCUT2D eigenvalue weighted by Crippen LogP contribution is 2.53. The van der Waals surface area contributed by atoms with Crippen LogP contribution in [0, 0.1) is 0 Å². The van der Waals surface area contributed by atoms with Gasteiger partial charge < -0.3 is 9.47 Å². The summed E-state index contributed by atoms with van der Waals surface area (Å²) in [6.45, 7) is 0. The monoisotopic (exact) mass is 354 g/mol. The van der Waals surface area contributed by atoms with Crippen LogP contribution in [0.2, 0.25) is 0 Å². The number of methoxy groups -OCH3 is 2. The van der Waals surface area contributed by atoms with Gasteiger partial charge in [-0.2, -0.15) is 0 Å². The van der Waals surface area contributed by atoms with Crippen LogP contribution in [0.5, 0.6) is 11.5 Å². The van der Waals surface area contributed by atoms with Crippen molar-refractivity contribution in [3.8, 4) is 11.5 Å². The summed E-state index contributed by atoms with van der Waals surface area (Å²) in [5, 5.41) is 0. The minimum Gasteiger partial charge on any atom is -0.497 e. The number of ether oxygens (including phenoxy) is 2. The van der Waals surface area contributed by atoms with Crippen LogP contribution in [0.3, 0.4) is 0 Å². The van der Waals surface area contributed by atoms with E-state index in [1.807, 2.05) is 12.1 Å². The Balaban J connectivity index is 2.07. The zero-order chi connectivity index (χ0) is 13.4. The van der Waals surface area contributed by atoms with Gasteiger partial charge in [-0.1, -0.05) is 23.5 Å². The van der Waals surface area contributed by atoms with Crippen LogP contribution in [-0.2, 0) is 0 Å². The average Bonchev–Trinajstić information content (AvgIpc) is 2.45. The van der Waals surface area contributed by atoms with Gasteiger partial charge in [-0.05, 0) is 46.3 Å². The summed E-state index contributed by atoms with van der Waals surface area (Å²) in [5.41, 5.74) is 0. The van der Waals surface area contributed by atoms with Crippen molar-refractivity contribution in [1.29, 1.82) is 0 Å². The first kappa shape index (κ1) is 13.2. The van der Waals surface area contributed by atoms with Crippen molar-refractivity contribution in [2.75, 3.05) is 14.2 Å². The molecule has 0 radical (unpaired) electrons. The second kappa shape index (κ2) is 5.31. The summed E-state index contributed by atoms with van der Waals surface area (Å²) in [7, 11) is 3.37. The summed E-state index contributed by atoms with van der Waals surface area (Å²) in [4.78, 5) is 4.92. The first-order valence-corrected chi connectivity index (χ1v) is 8.05. The predicted octanol–water partition coefficient (Wildman–Crippen LogP) is 5.08. The molecule has 0 saturated heterocycles. The van der Waals surface area contributed by atoms with Crippen molar-refractivity contribution < 1.29 is 9.47 Å². The van der Waals surface area contributed by atoms with E-state index in [9.17, 15) is 0 Å². The standard InChI is InChI=1S/C14H11BrO2S2/c1-16-8-3-5-10-12(7-8)19-14-11(18-10)6-4-9(17-2)13(14)15/h3-7H,1-2H3. The molecular weight excluding hydrogens is 344 g/mol. The van der Waals surface area contributed by atoms with Crippen molar-refractivity contribution in [3.05, 3.63) is 34.8 Å². The number of hydrogen-bond donors (Lipinski definition) is 0. The van der Waals surface area contributed by atoms with Gasteiger partial charge in [0.2, 0.25) is 0 Å². The van der Waals surface area contributed by atoms with Crippen LogP contribution < -0.4 is 9.47 Å². The summed E-state index contributed by atoms with van der Waals surface area (Å²) >= 11 is 7.14. The maximum atomic E-state index is 5.35. The minimum atomic E-state index is 0.859. The van der Waals surface area contributed by atoms with Crippen molar-refractivity contribution in [1.82, 2.24) is 0 Å². The number of hydrogen-bond acceptors (Lipinski definition) is 4. The number of rotatable bonds is 2. The topological polar surface area (TPSA) is 18.5 Å². The Kier molecular flexibility index (Phi) is 3.69. The SMILES string of the molecule is COc1ccc2c(c1)Sc1c(ccc(OC)c1Br)S2. The fraction of sp³-hybridized carbons (Fsp3) is 0.143. The Morgan fingerprint density at radius 2 is 1.68 bits per heavy atom. The van der Waals surface area contributed by atoms with Crippen LogP contribution in [0.15, 0.2) is 54.4 Å². The summed E-state index contributed by atoms with van der Waals surface area (Å²) in [6, 6.07) is 10.3. The fourth-order valence-electron chi connectivity index (χ4n) is 1.86. The molecule has 98 valence electrons. The molecule has 1 heterocycles. The molecule has 1 aliphatic heterocycles. The van der Waals surface area contributed by atoms with Gasteiger partial charge >= 0.3 is 0 Å². The first-order valence-electron chi connectivity index (χ1n) is 5.63. The zero-order valence-corrected chi connectivity index (χ0v) is 13.6. The zero-order valence-electron chi connectivity index (χ0n) is 10.4. The Bertz CT molecular complexity index is 644.